The first-order valence-corrected chi connectivity index (χ1v) is 5.65. The van der Waals surface area contributed by atoms with Crippen LogP contribution in [0.25, 0.3) is 11.3 Å². The normalized spacial score (nSPS) is 12.3. The van der Waals surface area contributed by atoms with Gasteiger partial charge < -0.3 is 12.9 Å². The van der Waals surface area contributed by atoms with E-state index in [1.54, 1.807) is 0 Å². The van der Waals surface area contributed by atoms with Crippen molar-refractivity contribution in [3.63, 3.8) is 0 Å². The maximum absolute atomic E-state index is 13.5. The molecule has 0 unspecified atom stereocenters. The van der Waals surface area contributed by atoms with E-state index < -0.39 is 64.7 Å². The first-order valence-electron chi connectivity index (χ1n) is 5.65. The predicted molar refractivity (Wildman–Crippen MR) is 57.5 cm³/mol. The standard InChI is InChI=1S/C10HBF11N2.Li/c12-3-1(4(13)6(15)7(16)5(3)14)8-2(11(20,21)22)9(24-23-8)10(17,18)19;/h(H,23,24);/q-1;+1. The number of H-pyrrole nitrogens is 1. The Kier molecular flexibility index (Phi) is 5.61. The number of hydrogen-bond donors (Lipinski definition) is 1. The number of alkyl halides is 3. The smallest absolute Gasteiger partial charge is 0.445 e. The molecule has 1 heterocycles. The Hall–Kier alpha value is -1.68. The van der Waals surface area contributed by atoms with Crippen LogP contribution in [0.3, 0.4) is 0 Å². The van der Waals surface area contributed by atoms with Gasteiger partial charge in [0.1, 0.15) is 5.69 Å². The Bertz CT molecular complexity index is 782. The van der Waals surface area contributed by atoms with Crippen molar-refractivity contribution in [3.05, 3.63) is 34.8 Å². The summed E-state index contributed by atoms with van der Waals surface area (Å²) in [6.07, 6.45) is -5.66. The molecule has 0 fully saturated rings. The third-order valence-electron chi connectivity index (χ3n) is 2.86. The second-order valence-electron chi connectivity index (χ2n) is 4.38. The zero-order chi connectivity index (χ0) is 18.6. The van der Waals surface area contributed by atoms with Crippen molar-refractivity contribution in [1.82, 2.24) is 10.2 Å². The van der Waals surface area contributed by atoms with E-state index in [1.165, 1.54) is 0 Å². The van der Waals surface area contributed by atoms with Crippen LogP contribution in [-0.4, -0.2) is 17.2 Å². The predicted octanol–water partition coefficient (Wildman–Crippen LogP) is 0.849. The molecule has 25 heavy (non-hydrogen) atoms. The minimum absolute atomic E-state index is 0. The number of benzene rings is 1. The van der Waals surface area contributed by atoms with Gasteiger partial charge in [0.2, 0.25) is 5.82 Å². The minimum Gasteiger partial charge on any atom is -0.445 e. The molecule has 0 radical (unpaired) electrons. The van der Waals surface area contributed by atoms with Gasteiger partial charge in [-0.25, -0.2) is 22.0 Å². The summed E-state index contributed by atoms with van der Waals surface area (Å²) >= 11 is 0. The van der Waals surface area contributed by atoms with Gasteiger partial charge in [-0.05, 0) is 5.46 Å². The summed E-state index contributed by atoms with van der Waals surface area (Å²) in [5.41, 5.74) is -9.46. The summed E-state index contributed by atoms with van der Waals surface area (Å²) in [4.78, 5) is 0. The number of nitrogens with one attached hydrogen (secondary N) is 1. The van der Waals surface area contributed by atoms with Crippen molar-refractivity contribution in [2.75, 3.05) is 0 Å². The second-order valence-corrected chi connectivity index (χ2v) is 4.38. The molecular formula is C10HBF11LiN2. The van der Waals surface area contributed by atoms with Crippen LogP contribution in [0.15, 0.2) is 0 Å². The van der Waals surface area contributed by atoms with Crippen LogP contribution in [0, 0.1) is 29.1 Å². The quantitative estimate of drug-likeness (QED) is 0.358. The van der Waals surface area contributed by atoms with Gasteiger partial charge in [0.25, 0.3) is 0 Å². The molecule has 132 valence electrons. The number of aromatic amines is 1. The van der Waals surface area contributed by atoms with Crippen LogP contribution in [0.2, 0.25) is 0 Å². The molecular weight excluding hydrogens is 375 g/mol. The zero-order valence-corrected chi connectivity index (χ0v) is 11.7. The summed E-state index contributed by atoms with van der Waals surface area (Å²) in [6.45, 7) is -6.57. The van der Waals surface area contributed by atoms with Crippen molar-refractivity contribution < 1.29 is 66.9 Å². The molecule has 0 aliphatic carbocycles. The third-order valence-corrected chi connectivity index (χ3v) is 2.86. The van der Waals surface area contributed by atoms with Gasteiger partial charge in [-0.15, -0.1) is 0 Å². The number of halogens is 11. The molecule has 0 saturated heterocycles. The molecule has 2 rings (SSSR count). The van der Waals surface area contributed by atoms with E-state index in [0.717, 1.165) is 5.10 Å². The van der Waals surface area contributed by atoms with Crippen molar-refractivity contribution in [3.8, 4) is 11.3 Å². The maximum atomic E-state index is 13.5. The number of rotatable bonds is 2. The molecule has 0 amide bonds. The van der Waals surface area contributed by atoms with E-state index in [4.69, 9.17) is 0 Å². The Morgan fingerprint density at radius 2 is 1.16 bits per heavy atom. The molecule has 1 aromatic heterocycles. The van der Waals surface area contributed by atoms with Gasteiger partial charge in [0, 0.05) is 0 Å². The van der Waals surface area contributed by atoms with Gasteiger partial charge in [0.15, 0.2) is 23.3 Å². The summed E-state index contributed by atoms with van der Waals surface area (Å²) < 4.78 is 143. The van der Waals surface area contributed by atoms with Crippen LogP contribution < -0.4 is 24.3 Å². The molecule has 0 saturated carbocycles. The van der Waals surface area contributed by atoms with Crippen LogP contribution in [0.1, 0.15) is 5.69 Å². The molecule has 2 aromatic rings. The van der Waals surface area contributed by atoms with E-state index in [9.17, 15) is 48.1 Å². The van der Waals surface area contributed by atoms with Gasteiger partial charge in [-0.1, -0.05) is 0 Å². The van der Waals surface area contributed by atoms with Crippen LogP contribution >= 0.6 is 0 Å². The summed E-state index contributed by atoms with van der Waals surface area (Å²) in [5, 5.41) is 3.34. The fourth-order valence-corrected chi connectivity index (χ4v) is 1.89. The van der Waals surface area contributed by atoms with Crippen molar-refractivity contribution in [2.24, 2.45) is 0 Å². The molecule has 0 aliphatic rings. The SMILES string of the molecule is Fc1c(F)c(F)c(-c2n[nH]c(C(F)(F)F)c2[B-](F)(F)F)c(F)c1F.[Li+]. The van der Waals surface area contributed by atoms with Gasteiger partial charge in [0.05, 0.1) is 11.3 Å². The van der Waals surface area contributed by atoms with E-state index in [0.29, 0.717) is 0 Å². The Morgan fingerprint density at radius 3 is 1.52 bits per heavy atom. The Morgan fingerprint density at radius 1 is 0.760 bits per heavy atom. The molecule has 0 atom stereocenters. The van der Waals surface area contributed by atoms with Crippen LogP contribution in [0.5, 0.6) is 0 Å². The van der Waals surface area contributed by atoms with Crippen LogP contribution in [0.4, 0.5) is 48.1 Å². The maximum Gasteiger partial charge on any atom is 1.00 e. The van der Waals surface area contributed by atoms with Crippen molar-refractivity contribution in [1.29, 1.82) is 0 Å². The van der Waals surface area contributed by atoms with Gasteiger partial charge >= 0.3 is 32.0 Å². The largest absolute Gasteiger partial charge is 1.00 e. The molecule has 2 nitrogen and oxygen atoms in total. The van der Waals surface area contributed by atoms with Gasteiger partial charge in [-0.3, -0.25) is 5.10 Å². The number of nitrogens with zero attached hydrogens (tertiary/aromatic N) is 1. The average molecular weight is 376 g/mol. The first kappa shape index (κ1) is 21.4. The number of hydrogen-bond acceptors (Lipinski definition) is 1. The molecule has 1 N–H and O–H groups in total. The van der Waals surface area contributed by atoms with E-state index in [1.807, 2.05) is 0 Å². The summed E-state index contributed by atoms with van der Waals surface area (Å²) in [7, 11) is 0. The van der Waals surface area contributed by atoms with Crippen LogP contribution in [-0.2, 0) is 6.18 Å². The van der Waals surface area contributed by atoms with E-state index >= 15 is 0 Å². The van der Waals surface area contributed by atoms with Crippen molar-refractivity contribution in [2.45, 2.75) is 6.18 Å². The third kappa shape index (κ3) is 3.50. The Labute approximate surface area is 142 Å². The van der Waals surface area contributed by atoms with Crippen molar-refractivity contribution >= 4 is 12.4 Å². The van der Waals surface area contributed by atoms with Gasteiger partial charge in [-0.2, -0.15) is 18.3 Å². The molecule has 0 aliphatic heterocycles. The first-order chi connectivity index (χ1) is 10.8. The summed E-state index contributed by atoms with van der Waals surface area (Å²) in [5.74, 6) is -13.4. The molecule has 0 bridgehead atoms. The monoisotopic (exact) mass is 376 g/mol. The zero-order valence-electron chi connectivity index (χ0n) is 11.7. The second kappa shape index (κ2) is 6.56. The Balaban J connectivity index is 0.00000312. The average Bonchev–Trinajstić information content (AvgIpc) is 2.88. The molecule has 15 heteroatoms. The van der Waals surface area contributed by atoms with E-state index in [-0.39, 0.29) is 18.9 Å². The fourth-order valence-electron chi connectivity index (χ4n) is 1.89. The fraction of sp³-hybridized carbons (Fsp3) is 0.100. The number of aromatic nitrogens is 2. The summed E-state index contributed by atoms with van der Waals surface area (Å²) in [6, 6.07) is 0. The van der Waals surface area contributed by atoms with E-state index in [2.05, 4.69) is 5.10 Å². The minimum atomic E-state index is -6.57. The molecule has 0 spiro atoms. The topological polar surface area (TPSA) is 28.7 Å². The molecule has 1 aromatic carbocycles.